The first-order chi connectivity index (χ1) is 11.4. The van der Waals surface area contributed by atoms with Crippen LogP contribution >= 0.6 is 0 Å². The SMILES string of the molecule is O=C(Nc1ccc([N+](=O)[O-])cc1)Nc1ccc2c(c1)C(=O)C(=O)N2. The monoisotopic (exact) mass is 326 g/mol. The molecular weight excluding hydrogens is 316 g/mol. The van der Waals surface area contributed by atoms with Crippen molar-refractivity contribution in [2.75, 3.05) is 16.0 Å². The van der Waals surface area contributed by atoms with Gasteiger partial charge in [0.15, 0.2) is 0 Å². The zero-order valence-corrected chi connectivity index (χ0v) is 12.0. The third-order valence-corrected chi connectivity index (χ3v) is 3.31. The van der Waals surface area contributed by atoms with Crippen molar-refractivity contribution in [1.82, 2.24) is 0 Å². The quantitative estimate of drug-likeness (QED) is 0.453. The molecule has 1 heterocycles. The molecule has 3 rings (SSSR count). The molecule has 3 amide bonds. The summed E-state index contributed by atoms with van der Waals surface area (Å²) in [7, 11) is 0. The molecule has 0 spiro atoms. The molecule has 1 aliphatic heterocycles. The summed E-state index contributed by atoms with van der Waals surface area (Å²) in [4.78, 5) is 44.8. The van der Waals surface area contributed by atoms with Gasteiger partial charge in [0.2, 0.25) is 0 Å². The van der Waals surface area contributed by atoms with Gasteiger partial charge in [0.25, 0.3) is 17.4 Å². The smallest absolute Gasteiger partial charge is 0.318 e. The number of nitro benzene ring substituents is 1. The number of nitrogens with one attached hydrogen (secondary N) is 3. The Kier molecular flexibility index (Phi) is 3.66. The summed E-state index contributed by atoms with van der Waals surface area (Å²) in [5.74, 6) is -1.37. The number of nitro groups is 1. The third-order valence-electron chi connectivity index (χ3n) is 3.31. The van der Waals surface area contributed by atoms with Gasteiger partial charge in [-0.1, -0.05) is 0 Å². The minimum Gasteiger partial charge on any atom is -0.318 e. The molecule has 0 fully saturated rings. The number of hydrogen-bond acceptors (Lipinski definition) is 5. The number of nitrogens with zero attached hydrogens (tertiary/aromatic N) is 1. The van der Waals surface area contributed by atoms with Crippen LogP contribution in [0, 0.1) is 10.1 Å². The van der Waals surface area contributed by atoms with E-state index in [9.17, 15) is 24.5 Å². The summed E-state index contributed by atoms with van der Waals surface area (Å²) in [6.07, 6.45) is 0. The number of Topliss-reactive ketones (excluding diaryl/α,β-unsaturated/α-hetero) is 1. The lowest BCUT2D eigenvalue weighted by Gasteiger charge is -2.08. The lowest BCUT2D eigenvalue weighted by molar-refractivity contribution is -0.384. The molecule has 9 heteroatoms. The Morgan fingerprint density at radius 2 is 1.62 bits per heavy atom. The highest BCUT2D eigenvalue weighted by molar-refractivity contribution is 6.51. The van der Waals surface area contributed by atoms with Crippen molar-refractivity contribution in [3.8, 4) is 0 Å². The molecule has 9 nitrogen and oxygen atoms in total. The Morgan fingerprint density at radius 3 is 2.29 bits per heavy atom. The van der Waals surface area contributed by atoms with Gasteiger partial charge in [0.1, 0.15) is 0 Å². The number of amides is 3. The molecule has 0 atom stereocenters. The molecule has 0 radical (unpaired) electrons. The van der Waals surface area contributed by atoms with Gasteiger partial charge in [-0.3, -0.25) is 19.7 Å². The van der Waals surface area contributed by atoms with Crippen molar-refractivity contribution in [1.29, 1.82) is 0 Å². The molecule has 120 valence electrons. The van der Waals surface area contributed by atoms with Crippen LogP contribution in [0.25, 0.3) is 0 Å². The van der Waals surface area contributed by atoms with Gasteiger partial charge in [0, 0.05) is 23.5 Å². The Labute approximate surface area is 134 Å². The summed E-state index contributed by atoms with van der Waals surface area (Å²) < 4.78 is 0. The number of urea groups is 1. The minimum atomic E-state index is -0.711. The van der Waals surface area contributed by atoms with Crippen LogP contribution in [0.2, 0.25) is 0 Å². The van der Waals surface area contributed by atoms with Crippen molar-refractivity contribution >= 4 is 40.5 Å². The number of rotatable bonds is 3. The Balaban J connectivity index is 1.68. The van der Waals surface area contributed by atoms with Crippen LogP contribution in [0.4, 0.5) is 27.5 Å². The van der Waals surface area contributed by atoms with E-state index in [1.54, 1.807) is 0 Å². The van der Waals surface area contributed by atoms with Gasteiger partial charge in [-0.2, -0.15) is 0 Å². The first kappa shape index (κ1) is 15.2. The fourth-order valence-electron chi connectivity index (χ4n) is 2.18. The van der Waals surface area contributed by atoms with Gasteiger partial charge in [-0.15, -0.1) is 0 Å². The minimum absolute atomic E-state index is 0.0877. The van der Waals surface area contributed by atoms with Crippen LogP contribution in [0.5, 0.6) is 0 Å². The van der Waals surface area contributed by atoms with E-state index < -0.39 is 22.6 Å². The fourth-order valence-corrected chi connectivity index (χ4v) is 2.18. The molecule has 2 aromatic carbocycles. The average molecular weight is 326 g/mol. The highest BCUT2D eigenvalue weighted by Crippen LogP contribution is 2.26. The maximum absolute atomic E-state index is 11.9. The summed E-state index contributed by atoms with van der Waals surface area (Å²) in [5.41, 5.74) is 1.19. The second-order valence-electron chi connectivity index (χ2n) is 4.93. The average Bonchev–Trinajstić information content (AvgIpc) is 2.82. The van der Waals surface area contributed by atoms with Crippen LogP contribution in [0.1, 0.15) is 10.4 Å². The molecular formula is C15H10N4O5. The topological polar surface area (TPSA) is 130 Å². The Bertz CT molecular complexity index is 876. The van der Waals surface area contributed by atoms with Crippen molar-refractivity contribution in [3.05, 3.63) is 58.1 Å². The molecule has 0 unspecified atom stereocenters. The van der Waals surface area contributed by atoms with Crippen molar-refractivity contribution in [3.63, 3.8) is 0 Å². The van der Waals surface area contributed by atoms with Gasteiger partial charge >= 0.3 is 6.03 Å². The van der Waals surface area contributed by atoms with Gasteiger partial charge in [0.05, 0.1) is 16.2 Å². The molecule has 0 saturated carbocycles. The lowest BCUT2D eigenvalue weighted by atomic mass is 10.1. The van der Waals surface area contributed by atoms with Crippen molar-refractivity contribution in [2.24, 2.45) is 0 Å². The molecule has 24 heavy (non-hydrogen) atoms. The molecule has 0 aliphatic carbocycles. The van der Waals surface area contributed by atoms with E-state index >= 15 is 0 Å². The number of carbonyl (C=O) groups is 3. The van der Waals surface area contributed by atoms with E-state index in [0.29, 0.717) is 17.1 Å². The van der Waals surface area contributed by atoms with Crippen LogP contribution in [0.15, 0.2) is 42.5 Å². The molecule has 0 bridgehead atoms. The zero-order valence-electron chi connectivity index (χ0n) is 12.0. The predicted molar refractivity (Wildman–Crippen MR) is 85.1 cm³/mol. The summed E-state index contributed by atoms with van der Waals surface area (Å²) in [5, 5.41) is 18.0. The maximum Gasteiger partial charge on any atom is 0.323 e. The van der Waals surface area contributed by atoms with Crippen LogP contribution in [-0.2, 0) is 4.79 Å². The van der Waals surface area contributed by atoms with Gasteiger partial charge in [-0.25, -0.2) is 4.79 Å². The van der Waals surface area contributed by atoms with Crippen LogP contribution in [-0.4, -0.2) is 22.6 Å². The first-order valence-corrected chi connectivity index (χ1v) is 6.76. The Hall–Kier alpha value is -3.75. The maximum atomic E-state index is 11.9. The van der Waals surface area contributed by atoms with E-state index in [-0.39, 0.29) is 11.3 Å². The van der Waals surface area contributed by atoms with Crippen molar-refractivity contribution < 1.29 is 19.3 Å². The first-order valence-electron chi connectivity index (χ1n) is 6.76. The predicted octanol–water partition coefficient (Wildman–Crippen LogP) is 2.37. The number of benzene rings is 2. The van der Waals surface area contributed by atoms with Gasteiger partial charge in [-0.05, 0) is 30.3 Å². The van der Waals surface area contributed by atoms with E-state index in [1.165, 1.54) is 42.5 Å². The number of anilines is 3. The number of ketones is 1. The summed E-state index contributed by atoms with van der Waals surface area (Å²) >= 11 is 0. The third kappa shape index (κ3) is 2.90. The second kappa shape index (κ2) is 5.80. The number of hydrogen-bond donors (Lipinski definition) is 3. The van der Waals surface area contributed by atoms with E-state index in [1.807, 2.05) is 0 Å². The van der Waals surface area contributed by atoms with Crippen LogP contribution < -0.4 is 16.0 Å². The Morgan fingerprint density at radius 1 is 1.00 bits per heavy atom. The second-order valence-corrected chi connectivity index (χ2v) is 4.93. The van der Waals surface area contributed by atoms with E-state index in [2.05, 4.69) is 16.0 Å². The molecule has 3 N–H and O–H groups in total. The van der Waals surface area contributed by atoms with Crippen LogP contribution in [0.3, 0.4) is 0 Å². The standard InChI is InChI=1S/C15H10N4O5/c20-13-11-7-9(3-6-12(11)18-14(13)21)17-15(22)16-8-1-4-10(5-2-8)19(23)24/h1-7H,(H2,16,17,22)(H,18,20,21). The van der Waals surface area contributed by atoms with Gasteiger partial charge < -0.3 is 16.0 Å². The highest BCUT2D eigenvalue weighted by Gasteiger charge is 2.28. The summed E-state index contributed by atoms with van der Waals surface area (Å²) in [6, 6.07) is 9.17. The molecule has 2 aromatic rings. The highest BCUT2D eigenvalue weighted by atomic mass is 16.6. The largest absolute Gasteiger partial charge is 0.323 e. The van der Waals surface area contributed by atoms with E-state index in [4.69, 9.17) is 0 Å². The zero-order chi connectivity index (χ0) is 17.3. The number of non-ortho nitro benzene ring substituents is 1. The fraction of sp³-hybridized carbons (Fsp3) is 0. The molecule has 0 aromatic heterocycles. The molecule has 0 saturated heterocycles. The normalized spacial score (nSPS) is 12.3. The number of fused-ring (bicyclic) bond motifs is 1. The lowest BCUT2D eigenvalue weighted by Crippen LogP contribution is -2.19. The summed E-state index contributed by atoms with van der Waals surface area (Å²) in [6.45, 7) is 0. The number of carbonyl (C=O) groups excluding carboxylic acids is 3. The molecule has 1 aliphatic rings. The van der Waals surface area contributed by atoms with E-state index in [0.717, 1.165) is 0 Å². The van der Waals surface area contributed by atoms with Crippen molar-refractivity contribution in [2.45, 2.75) is 0 Å².